The van der Waals surface area contributed by atoms with Crippen molar-refractivity contribution < 1.29 is 45.0 Å². The number of carboxylic acids is 2. The zero-order chi connectivity index (χ0) is 15.7. The van der Waals surface area contributed by atoms with Gasteiger partial charge >= 0.3 is 11.9 Å². The third-order valence-electron chi connectivity index (χ3n) is 3.53. The highest BCUT2D eigenvalue weighted by atomic mass is 16.5. The standard InChI is InChI=1S/C11H18O9/c1-11(10(18)19,2-5(13)14)9-8(17)7(16)6(15)4(3-12)20-9/h4,6-9,12,15-17H,2-3H2,1H3,(H,13,14)(H,18,19)/t4-,6-,7+,8-,9?,11?/m1/s1. The average Bonchev–Trinajstić information content (AvgIpc) is 2.35. The number of aliphatic hydroxyl groups is 4. The molecule has 1 saturated heterocycles. The van der Waals surface area contributed by atoms with Crippen LogP contribution in [-0.4, -0.2) is 79.7 Å². The van der Waals surface area contributed by atoms with E-state index in [1.54, 1.807) is 0 Å². The zero-order valence-corrected chi connectivity index (χ0v) is 10.7. The number of aliphatic hydroxyl groups excluding tert-OH is 4. The highest BCUT2D eigenvalue weighted by molar-refractivity contribution is 5.81. The van der Waals surface area contributed by atoms with Crippen molar-refractivity contribution in [2.24, 2.45) is 5.41 Å². The Balaban J connectivity index is 3.12. The molecular formula is C11H18O9. The van der Waals surface area contributed by atoms with Gasteiger partial charge in [-0.05, 0) is 6.92 Å². The molecule has 0 aromatic heterocycles. The Labute approximate surface area is 114 Å². The van der Waals surface area contributed by atoms with Gasteiger partial charge in [0.05, 0.1) is 13.0 Å². The number of aliphatic carboxylic acids is 2. The number of hydrogen-bond donors (Lipinski definition) is 6. The normalized spacial score (nSPS) is 37.1. The zero-order valence-electron chi connectivity index (χ0n) is 10.7. The summed E-state index contributed by atoms with van der Waals surface area (Å²) >= 11 is 0. The smallest absolute Gasteiger partial charge is 0.312 e. The summed E-state index contributed by atoms with van der Waals surface area (Å²) < 4.78 is 5.10. The molecule has 1 aliphatic heterocycles. The number of rotatable bonds is 5. The number of ether oxygens (including phenoxy) is 1. The van der Waals surface area contributed by atoms with Crippen molar-refractivity contribution in [3.8, 4) is 0 Å². The lowest BCUT2D eigenvalue weighted by Gasteiger charge is -2.45. The first-order valence-corrected chi connectivity index (χ1v) is 5.91. The average molecular weight is 294 g/mol. The molecule has 0 radical (unpaired) electrons. The molecule has 9 nitrogen and oxygen atoms in total. The van der Waals surface area contributed by atoms with Gasteiger partial charge in [0, 0.05) is 0 Å². The van der Waals surface area contributed by atoms with Crippen molar-refractivity contribution in [3.63, 3.8) is 0 Å². The largest absolute Gasteiger partial charge is 0.481 e. The van der Waals surface area contributed by atoms with Crippen LogP contribution in [0.25, 0.3) is 0 Å². The summed E-state index contributed by atoms with van der Waals surface area (Å²) in [6, 6.07) is 0. The van der Waals surface area contributed by atoms with Gasteiger partial charge in [0.2, 0.25) is 0 Å². The van der Waals surface area contributed by atoms with E-state index in [2.05, 4.69) is 0 Å². The summed E-state index contributed by atoms with van der Waals surface area (Å²) in [7, 11) is 0. The maximum atomic E-state index is 11.3. The molecule has 0 aromatic carbocycles. The molecule has 0 aliphatic carbocycles. The lowest BCUT2D eigenvalue weighted by atomic mass is 9.75. The van der Waals surface area contributed by atoms with Crippen molar-refractivity contribution in [2.75, 3.05) is 6.61 Å². The van der Waals surface area contributed by atoms with Gasteiger partial charge in [0.25, 0.3) is 0 Å². The van der Waals surface area contributed by atoms with E-state index in [4.69, 9.17) is 14.9 Å². The first-order valence-electron chi connectivity index (χ1n) is 5.91. The molecule has 6 N–H and O–H groups in total. The van der Waals surface area contributed by atoms with Gasteiger partial charge < -0.3 is 35.4 Å². The van der Waals surface area contributed by atoms with Crippen LogP contribution in [0, 0.1) is 5.41 Å². The minimum Gasteiger partial charge on any atom is -0.481 e. The fraction of sp³-hybridized carbons (Fsp3) is 0.818. The van der Waals surface area contributed by atoms with Crippen molar-refractivity contribution in [1.82, 2.24) is 0 Å². The van der Waals surface area contributed by atoms with Crippen LogP contribution in [0.4, 0.5) is 0 Å². The maximum Gasteiger partial charge on any atom is 0.312 e. The van der Waals surface area contributed by atoms with Crippen LogP contribution in [0.3, 0.4) is 0 Å². The second kappa shape index (κ2) is 6.02. The van der Waals surface area contributed by atoms with Crippen LogP contribution >= 0.6 is 0 Å². The molecule has 20 heavy (non-hydrogen) atoms. The summed E-state index contributed by atoms with van der Waals surface area (Å²) in [6.45, 7) is 0.334. The van der Waals surface area contributed by atoms with Crippen LogP contribution in [0.2, 0.25) is 0 Å². The van der Waals surface area contributed by atoms with E-state index in [-0.39, 0.29) is 0 Å². The van der Waals surface area contributed by atoms with E-state index in [0.717, 1.165) is 6.92 Å². The third-order valence-corrected chi connectivity index (χ3v) is 3.53. The monoisotopic (exact) mass is 294 g/mol. The Morgan fingerprint density at radius 2 is 1.65 bits per heavy atom. The highest BCUT2D eigenvalue weighted by Gasteiger charge is 2.55. The summed E-state index contributed by atoms with van der Waals surface area (Å²) in [6.07, 6.45) is -8.91. The molecule has 0 amide bonds. The van der Waals surface area contributed by atoms with E-state index in [9.17, 15) is 30.0 Å². The van der Waals surface area contributed by atoms with Gasteiger partial charge in [-0.2, -0.15) is 0 Å². The maximum absolute atomic E-state index is 11.3. The van der Waals surface area contributed by atoms with Crippen molar-refractivity contribution in [2.45, 2.75) is 43.9 Å². The minimum atomic E-state index is -2.03. The van der Waals surface area contributed by atoms with E-state index in [1.807, 2.05) is 0 Å². The third kappa shape index (κ3) is 2.91. The fourth-order valence-electron chi connectivity index (χ4n) is 2.24. The summed E-state index contributed by atoms with van der Waals surface area (Å²) in [4.78, 5) is 22.1. The van der Waals surface area contributed by atoms with E-state index in [0.29, 0.717) is 0 Å². The lowest BCUT2D eigenvalue weighted by Crippen LogP contribution is -2.64. The Kier molecular flexibility index (Phi) is 5.05. The van der Waals surface area contributed by atoms with Crippen molar-refractivity contribution >= 4 is 11.9 Å². The topological polar surface area (TPSA) is 165 Å². The van der Waals surface area contributed by atoms with Gasteiger partial charge in [0.15, 0.2) is 0 Å². The van der Waals surface area contributed by atoms with Crippen LogP contribution < -0.4 is 0 Å². The molecule has 0 aromatic rings. The van der Waals surface area contributed by atoms with Crippen LogP contribution in [0.5, 0.6) is 0 Å². The predicted octanol–water partition coefficient (Wildman–Crippen LogP) is -2.61. The second-order valence-electron chi connectivity index (χ2n) is 5.04. The molecule has 1 heterocycles. The Bertz CT molecular complexity index is 382. The Morgan fingerprint density at radius 1 is 1.10 bits per heavy atom. The number of hydrogen-bond acceptors (Lipinski definition) is 7. The van der Waals surface area contributed by atoms with Gasteiger partial charge in [-0.15, -0.1) is 0 Å². The Morgan fingerprint density at radius 3 is 2.05 bits per heavy atom. The molecule has 2 unspecified atom stereocenters. The number of carbonyl (C=O) groups is 2. The molecule has 0 spiro atoms. The molecule has 0 bridgehead atoms. The highest BCUT2D eigenvalue weighted by Crippen LogP contribution is 2.36. The van der Waals surface area contributed by atoms with E-state index in [1.165, 1.54) is 0 Å². The van der Waals surface area contributed by atoms with Gasteiger partial charge in [-0.3, -0.25) is 9.59 Å². The lowest BCUT2D eigenvalue weighted by molar-refractivity contribution is -0.256. The quantitative estimate of drug-likeness (QED) is 0.318. The summed E-state index contributed by atoms with van der Waals surface area (Å²) in [5.41, 5.74) is -2.03. The van der Waals surface area contributed by atoms with Crippen molar-refractivity contribution in [3.05, 3.63) is 0 Å². The number of carboxylic acid groups (broad SMARTS) is 2. The van der Waals surface area contributed by atoms with E-state index >= 15 is 0 Å². The van der Waals surface area contributed by atoms with Crippen LogP contribution in [-0.2, 0) is 14.3 Å². The molecule has 9 heteroatoms. The predicted molar refractivity (Wildman–Crippen MR) is 61.8 cm³/mol. The molecule has 1 aliphatic rings. The summed E-state index contributed by atoms with van der Waals surface area (Å²) in [5.74, 6) is -2.96. The van der Waals surface area contributed by atoms with Crippen LogP contribution in [0.1, 0.15) is 13.3 Å². The van der Waals surface area contributed by atoms with Crippen LogP contribution in [0.15, 0.2) is 0 Å². The second-order valence-corrected chi connectivity index (χ2v) is 5.04. The molecule has 116 valence electrons. The SMILES string of the molecule is CC(CC(=O)O)(C(=O)O)C1O[C@H](CO)[C@@H](O)[C@H](O)[C@H]1O. The molecule has 6 atom stereocenters. The summed E-state index contributed by atoms with van der Waals surface area (Å²) in [5, 5.41) is 56.1. The first-order chi connectivity index (χ1) is 9.15. The van der Waals surface area contributed by atoms with Crippen molar-refractivity contribution in [1.29, 1.82) is 0 Å². The Hall–Kier alpha value is -1.26. The van der Waals surface area contributed by atoms with Gasteiger partial charge in [-0.25, -0.2) is 0 Å². The van der Waals surface area contributed by atoms with E-state index < -0.39 is 60.9 Å². The van der Waals surface area contributed by atoms with Gasteiger partial charge in [-0.1, -0.05) is 0 Å². The minimum absolute atomic E-state index is 0.718. The molecule has 1 fully saturated rings. The molecule has 1 rings (SSSR count). The molecule has 0 saturated carbocycles. The molecular weight excluding hydrogens is 276 g/mol. The fourth-order valence-corrected chi connectivity index (χ4v) is 2.24. The van der Waals surface area contributed by atoms with Gasteiger partial charge in [0.1, 0.15) is 35.9 Å². The first kappa shape index (κ1) is 16.8.